The van der Waals surface area contributed by atoms with E-state index >= 15 is 0 Å². The summed E-state index contributed by atoms with van der Waals surface area (Å²) < 4.78 is 36.1. The average Bonchev–Trinajstić information content (AvgIpc) is 2.99. The van der Waals surface area contributed by atoms with E-state index in [1.54, 1.807) is 47.1 Å². The summed E-state index contributed by atoms with van der Waals surface area (Å²) in [7, 11) is 2.73. The molecule has 256 valence electrons. The average molecular weight is 675 g/mol. The second kappa shape index (κ2) is 14.4. The molecule has 0 aliphatic rings. The molecule has 0 aromatic heterocycles. The maximum absolute atomic E-state index is 13.2. The van der Waals surface area contributed by atoms with Crippen LogP contribution in [0.4, 0.5) is 4.79 Å². The molecule has 0 saturated heterocycles. The zero-order chi connectivity index (χ0) is 35.4. The smallest absolute Gasteiger partial charge is 0.507 e. The summed E-state index contributed by atoms with van der Waals surface area (Å²) in [5.41, 5.74) is 2.53. The lowest BCUT2D eigenvalue weighted by Gasteiger charge is -2.29. The van der Waals surface area contributed by atoms with Gasteiger partial charge in [-0.2, -0.15) is 0 Å². The van der Waals surface area contributed by atoms with Crippen molar-refractivity contribution in [3.8, 4) is 56.8 Å². The van der Waals surface area contributed by atoms with Crippen LogP contribution in [0.1, 0.15) is 73.4 Å². The maximum atomic E-state index is 13.2. The highest BCUT2D eigenvalue weighted by molar-refractivity contribution is 7.27. The molecule has 1 unspecified atom stereocenters. The van der Waals surface area contributed by atoms with Gasteiger partial charge in [0.15, 0.2) is 0 Å². The van der Waals surface area contributed by atoms with Crippen LogP contribution in [0, 0.1) is 0 Å². The quantitative estimate of drug-likeness (QED) is 0.107. The van der Waals surface area contributed by atoms with Crippen LogP contribution in [-0.2, 0) is 15.6 Å². The number of benzene rings is 4. The molecule has 0 radical (unpaired) electrons. The van der Waals surface area contributed by atoms with E-state index < -0.39 is 31.6 Å². The summed E-state index contributed by atoms with van der Waals surface area (Å²) >= 11 is 0. The number of hydrogen-bond donors (Lipinski definition) is 1. The van der Waals surface area contributed by atoms with E-state index in [-0.39, 0.29) is 5.75 Å². The molecule has 4 aromatic rings. The number of aromatic hydroxyl groups is 1. The Balaban J connectivity index is 1.91. The first-order valence-electron chi connectivity index (χ1n) is 15.7. The van der Waals surface area contributed by atoms with Gasteiger partial charge in [-0.05, 0) is 68.0 Å². The molecule has 0 aliphatic heterocycles. The number of para-hydroxylation sites is 2. The Bertz CT molecular complexity index is 1760. The molecular formula is C39H47O8P. The monoisotopic (exact) mass is 674 g/mol. The minimum atomic E-state index is -0.827. The third-order valence-electron chi connectivity index (χ3n) is 7.45. The summed E-state index contributed by atoms with van der Waals surface area (Å²) in [6, 6.07) is 22.1. The van der Waals surface area contributed by atoms with Crippen LogP contribution in [0.25, 0.3) is 22.3 Å². The number of methoxy groups -OCH3 is 2. The standard InChI is InChI=1S/C39H47O8P/c1-37(2,3)30-22-24(42-10)20-28(34(30)44-36(41)45-39(7,8)9)29-21-25(43-11)23-31(38(4,5)6)35(29)47-48-46-33-19-15-13-17-27(33)26-16-12-14-18-32(26)40/h12-23,40,48H,1-11H3. The van der Waals surface area contributed by atoms with Gasteiger partial charge in [-0.1, -0.05) is 77.9 Å². The van der Waals surface area contributed by atoms with Crippen molar-refractivity contribution in [1.82, 2.24) is 0 Å². The predicted molar refractivity (Wildman–Crippen MR) is 192 cm³/mol. The molecule has 1 atom stereocenters. The van der Waals surface area contributed by atoms with Crippen molar-refractivity contribution >= 4 is 15.2 Å². The first kappa shape index (κ1) is 36.4. The number of carbonyl (C=O) groups is 1. The molecule has 8 nitrogen and oxygen atoms in total. The minimum Gasteiger partial charge on any atom is -0.507 e. The van der Waals surface area contributed by atoms with Crippen molar-refractivity contribution < 1.29 is 37.9 Å². The lowest BCUT2D eigenvalue weighted by molar-refractivity contribution is 0.0204. The number of ether oxygens (including phenoxy) is 4. The van der Waals surface area contributed by atoms with Gasteiger partial charge in [0.2, 0.25) is 0 Å². The van der Waals surface area contributed by atoms with Gasteiger partial charge in [0.1, 0.15) is 40.1 Å². The molecular weight excluding hydrogens is 627 g/mol. The molecule has 4 rings (SSSR count). The molecule has 0 aliphatic carbocycles. The Labute approximate surface area is 286 Å². The predicted octanol–water partition coefficient (Wildman–Crippen LogP) is 10.6. The van der Waals surface area contributed by atoms with Crippen LogP contribution in [0.15, 0.2) is 72.8 Å². The first-order chi connectivity index (χ1) is 22.4. The van der Waals surface area contributed by atoms with E-state index in [4.69, 9.17) is 28.0 Å². The van der Waals surface area contributed by atoms with E-state index in [2.05, 4.69) is 20.8 Å². The van der Waals surface area contributed by atoms with Crippen LogP contribution in [0.5, 0.6) is 34.5 Å². The van der Waals surface area contributed by atoms with E-state index in [0.29, 0.717) is 45.4 Å². The highest BCUT2D eigenvalue weighted by Crippen LogP contribution is 2.51. The van der Waals surface area contributed by atoms with Gasteiger partial charge >= 0.3 is 6.16 Å². The number of phenols is 1. The summed E-state index contributed by atoms with van der Waals surface area (Å²) in [5.74, 6) is 2.73. The van der Waals surface area contributed by atoms with Gasteiger partial charge in [-0.25, -0.2) is 4.79 Å². The SMILES string of the molecule is COc1cc(-c2cc(OC)cc(C(C)(C)C)c2OC(=O)OC(C)(C)C)c(OPOc2ccccc2-c2ccccc2O)c(C(C)(C)C)c1. The summed E-state index contributed by atoms with van der Waals surface area (Å²) in [6.45, 7) is 17.7. The van der Waals surface area contributed by atoms with Crippen molar-refractivity contribution in [2.45, 2.75) is 78.7 Å². The van der Waals surface area contributed by atoms with Crippen molar-refractivity contribution in [3.05, 3.63) is 83.9 Å². The lowest BCUT2D eigenvalue weighted by Crippen LogP contribution is -2.27. The fraction of sp³-hybridized carbons (Fsp3) is 0.359. The lowest BCUT2D eigenvalue weighted by atomic mass is 9.81. The largest absolute Gasteiger partial charge is 0.514 e. The fourth-order valence-corrected chi connectivity index (χ4v) is 5.73. The van der Waals surface area contributed by atoms with Crippen LogP contribution in [0.2, 0.25) is 0 Å². The molecule has 0 fully saturated rings. The number of phenolic OH excluding ortho intramolecular Hbond substituents is 1. The van der Waals surface area contributed by atoms with E-state index in [0.717, 1.165) is 16.7 Å². The summed E-state index contributed by atoms with van der Waals surface area (Å²) in [5, 5.41) is 10.6. The fourth-order valence-electron chi connectivity index (χ4n) is 5.12. The van der Waals surface area contributed by atoms with Gasteiger partial charge in [0.25, 0.3) is 9.03 Å². The van der Waals surface area contributed by atoms with Crippen LogP contribution >= 0.6 is 9.03 Å². The van der Waals surface area contributed by atoms with Gasteiger partial charge in [-0.3, -0.25) is 0 Å². The third kappa shape index (κ3) is 8.73. The highest BCUT2D eigenvalue weighted by atomic mass is 31.1. The summed E-state index contributed by atoms with van der Waals surface area (Å²) in [4.78, 5) is 13.2. The molecule has 1 N–H and O–H groups in total. The second-order valence-electron chi connectivity index (χ2n) is 14.5. The number of hydrogen-bond acceptors (Lipinski definition) is 8. The first-order valence-corrected chi connectivity index (χ1v) is 16.6. The molecule has 0 heterocycles. The van der Waals surface area contributed by atoms with Crippen molar-refractivity contribution in [1.29, 1.82) is 0 Å². The third-order valence-corrected chi connectivity index (χ3v) is 8.04. The number of rotatable bonds is 9. The van der Waals surface area contributed by atoms with E-state index in [1.807, 2.05) is 81.4 Å². The van der Waals surface area contributed by atoms with Gasteiger partial charge < -0.3 is 33.1 Å². The molecule has 48 heavy (non-hydrogen) atoms. The van der Waals surface area contributed by atoms with E-state index in [1.165, 1.54) is 0 Å². The molecule has 0 amide bonds. The second-order valence-corrected chi connectivity index (χ2v) is 15.0. The van der Waals surface area contributed by atoms with Gasteiger partial charge in [0, 0.05) is 33.4 Å². The number of carbonyl (C=O) groups excluding carboxylic acids is 1. The van der Waals surface area contributed by atoms with Crippen LogP contribution < -0.4 is 23.3 Å². The zero-order valence-electron chi connectivity index (χ0n) is 29.7. The van der Waals surface area contributed by atoms with Crippen LogP contribution in [0.3, 0.4) is 0 Å². The topological polar surface area (TPSA) is 92.7 Å². The van der Waals surface area contributed by atoms with Crippen molar-refractivity contribution in [2.24, 2.45) is 0 Å². The van der Waals surface area contributed by atoms with Crippen LogP contribution in [-0.4, -0.2) is 31.1 Å². The Morgan fingerprint density at radius 3 is 1.65 bits per heavy atom. The van der Waals surface area contributed by atoms with Crippen molar-refractivity contribution in [3.63, 3.8) is 0 Å². The molecule has 4 aromatic carbocycles. The Morgan fingerprint density at radius 2 is 1.12 bits per heavy atom. The Hall–Kier alpha value is -4.42. The van der Waals surface area contributed by atoms with Crippen molar-refractivity contribution in [2.75, 3.05) is 14.2 Å². The minimum absolute atomic E-state index is 0.149. The molecule has 0 bridgehead atoms. The molecule has 9 heteroatoms. The van der Waals surface area contributed by atoms with E-state index in [9.17, 15) is 9.90 Å². The normalized spacial score (nSPS) is 12.1. The zero-order valence-corrected chi connectivity index (χ0v) is 30.7. The van der Waals surface area contributed by atoms with Gasteiger partial charge in [-0.15, -0.1) is 0 Å². The molecule has 0 saturated carbocycles. The Kier molecular flexibility index (Phi) is 10.9. The molecule has 0 spiro atoms. The Morgan fingerprint density at radius 1 is 0.625 bits per heavy atom. The van der Waals surface area contributed by atoms with Gasteiger partial charge in [0.05, 0.1) is 14.2 Å². The summed E-state index contributed by atoms with van der Waals surface area (Å²) in [6.07, 6.45) is -0.827. The highest BCUT2D eigenvalue weighted by Gasteiger charge is 2.31. The maximum Gasteiger partial charge on any atom is 0.514 e.